The van der Waals surface area contributed by atoms with Crippen molar-refractivity contribution in [3.63, 3.8) is 0 Å². The van der Waals surface area contributed by atoms with Crippen LogP contribution in [0.5, 0.6) is 11.5 Å². The second kappa shape index (κ2) is 8.88. The van der Waals surface area contributed by atoms with Crippen molar-refractivity contribution in [2.45, 2.75) is 13.2 Å². The van der Waals surface area contributed by atoms with E-state index in [9.17, 15) is 4.79 Å². The summed E-state index contributed by atoms with van der Waals surface area (Å²) >= 11 is 6.06. The van der Waals surface area contributed by atoms with Crippen LogP contribution in [-0.2, 0) is 17.9 Å². The highest BCUT2D eigenvalue weighted by Crippen LogP contribution is 2.28. The first-order valence-corrected chi connectivity index (χ1v) is 9.77. The average molecular weight is 422 g/mol. The quantitative estimate of drug-likeness (QED) is 0.460. The summed E-state index contributed by atoms with van der Waals surface area (Å²) in [5, 5.41) is 3.38. The third-order valence-electron chi connectivity index (χ3n) is 4.58. The zero-order chi connectivity index (χ0) is 20.9. The van der Waals surface area contributed by atoms with Crippen molar-refractivity contribution in [2.75, 3.05) is 12.4 Å². The number of halogens is 1. The van der Waals surface area contributed by atoms with Gasteiger partial charge in [-0.25, -0.2) is 4.98 Å². The Labute approximate surface area is 179 Å². The molecule has 0 aliphatic rings. The summed E-state index contributed by atoms with van der Waals surface area (Å²) in [7, 11) is 1.54. The third kappa shape index (κ3) is 4.39. The lowest BCUT2D eigenvalue weighted by Crippen LogP contribution is -2.21. The van der Waals surface area contributed by atoms with Crippen LogP contribution in [0.1, 0.15) is 5.82 Å². The van der Waals surface area contributed by atoms with Crippen molar-refractivity contribution in [1.82, 2.24) is 9.55 Å². The molecule has 0 fully saturated rings. The maximum Gasteiger partial charge on any atom is 0.244 e. The second-order valence-electron chi connectivity index (χ2n) is 6.60. The van der Waals surface area contributed by atoms with E-state index in [1.807, 2.05) is 59.2 Å². The molecule has 1 aromatic heterocycles. The highest BCUT2D eigenvalue weighted by molar-refractivity contribution is 6.31. The molecule has 4 aromatic rings. The van der Waals surface area contributed by atoms with Crippen LogP contribution in [0.25, 0.3) is 11.0 Å². The van der Waals surface area contributed by atoms with Crippen molar-refractivity contribution in [1.29, 1.82) is 0 Å². The lowest BCUT2D eigenvalue weighted by molar-refractivity contribution is -0.116. The molecule has 0 spiro atoms. The van der Waals surface area contributed by atoms with Gasteiger partial charge in [-0.05, 0) is 42.5 Å². The number of hydrogen-bond acceptors (Lipinski definition) is 4. The summed E-state index contributed by atoms with van der Waals surface area (Å²) in [5.74, 6) is 1.72. The number of ether oxygens (including phenoxy) is 2. The SMILES string of the molecule is COc1ccc(Cl)cc1NC(=O)Cn1c(COc2ccccc2)nc2ccccc21. The van der Waals surface area contributed by atoms with E-state index in [1.54, 1.807) is 25.3 Å². The fourth-order valence-corrected chi connectivity index (χ4v) is 3.36. The molecule has 0 bridgehead atoms. The van der Waals surface area contributed by atoms with Gasteiger partial charge in [0.05, 0.1) is 23.8 Å². The van der Waals surface area contributed by atoms with Gasteiger partial charge in [-0.3, -0.25) is 4.79 Å². The smallest absolute Gasteiger partial charge is 0.244 e. The number of para-hydroxylation sites is 3. The summed E-state index contributed by atoms with van der Waals surface area (Å²) in [6.45, 7) is 0.316. The molecule has 1 amide bonds. The van der Waals surface area contributed by atoms with Gasteiger partial charge in [0.1, 0.15) is 30.5 Å². The number of nitrogens with one attached hydrogen (secondary N) is 1. The average Bonchev–Trinajstić information content (AvgIpc) is 3.10. The van der Waals surface area contributed by atoms with E-state index < -0.39 is 0 Å². The minimum atomic E-state index is -0.223. The lowest BCUT2D eigenvalue weighted by atomic mass is 10.3. The van der Waals surface area contributed by atoms with Gasteiger partial charge in [0, 0.05) is 5.02 Å². The number of fused-ring (bicyclic) bond motifs is 1. The van der Waals surface area contributed by atoms with Crippen LogP contribution < -0.4 is 14.8 Å². The molecule has 0 aliphatic heterocycles. The molecule has 152 valence electrons. The molecule has 0 radical (unpaired) electrons. The van der Waals surface area contributed by atoms with E-state index >= 15 is 0 Å². The zero-order valence-electron chi connectivity index (χ0n) is 16.3. The van der Waals surface area contributed by atoms with Crippen LogP contribution in [-0.4, -0.2) is 22.6 Å². The number of carbonyl (C=O) groups is 1. The van der Waals surface area contributed by atoms with E-state index in [1.165, 1.54) is 0 Å². The predicted molar refractivity (Wildman–Crippen MR) is 117 cm³/mol. The van der Waals surface area contributed by atoms with E-state index in [0.717, 1.165) is 16.8 Å². The topological polar surface area (TPSA) is 65.4 Å². The molecule has 0 atom stereocenters. The number of anilines is 1. The first-order chi connectivity index (χ1) is 14.6. The lowest BCUT2D eigenvalue weighted by Gasteiger charge is -2.13. The van der Waals surface area contributed by atoms with Crippen LogP contribution in [0.3, 0.4) is 0 Å². The van der Waals surface area contributed by atoms with Crippen molar-refractivity contribution < 1.29 is 14.3 Å². The predicted octanol–water partition coefficient (Wildman–Crippen LogP) is 4.92. The van der Waals surface area contributed by atoms with E-state index in [2.05, 4.69) is 10.3 Å². The Hall–Kier alpha value is -3.51. The number of amides is 1. The molecular formula is C23H20ClN3O3. The van der Waals surface area contributed by atoms with Gasteiger partial charge in [-0.2, -0.15) is 0 Å². The third-order valence-corrected chi connectivity index (χ3v) is 4.82. The molecule has 1 N–H and O–H groups in total. The molecule has 6 nitrogen and oxygen atoms in total. The van der Waals surface area contributed by atoms with Crippen molar-refractivity contribution in [3.05, 3.63) is 83.6 Å². The summed E-state index contributed by atoms with van der Waals surface area (Å²) in [6, 6.07) is 22.3. The Balaban J connectivity index is 1.58. The Morgan fingerprint density at radius 2 is 1.83 bits per heavy atom. The minimum absolute atomic E-state index is 0.0731. The number of rotatable bonds is 7. The van der Waals surface area contributed by atoms with Gasteiger partial charge >= 0.3 is 0 Å². The van der Waals surface area contributed by atoms with E-state index in [4.69, 9.17) is 21.1 Å². The second-order valence-corrected chi connectivity index (χ2v) is 7.03. The molecular weight excluding hydrogens is 402 g/mol. The molecule has 30 heavy (non-hydrogen) atoms. The van der Waals surface area contributed by atoms with Crippen LogP contribution in [0.4, 0.5) is 5.69 Å². The van der Waals surface area contributed by atoms with Crippen LogP contribution in [0, 0.1) is 0 Å². The number of carbonyl (C=O) groups excluding carboxylic acids is 1. The first-order valence-electron chi connectivity index (χ1n) is 9.39. The summed E-state index contributed by atoms with van der Waals surface area (Å²) < 4.78 is 13.0. The number of methoxy groups -OCH3 is 1. The van der Waals surface area contributed by atoms with Gasteiger partial charge in [0.15, 0.2) is 0 Å². The standard InChI is InChI=1S/C23H20ClN3O3/c1-29-21-12-11-16(24)13-19(21)26-23(28)14-27-20-10-6-5-9-18(20)25-22(27)15-30-17-7-3-2-4-8-17/h2-13H,14-15H2,1H3,(H,26,28). The Bertz CT molecular complexity index is 1180. The first kappa shape index (κ1) is 19.8. The Morgan fingerprint density at radius 1 is 1.07 bits per heavy atom. The van der Waals surface area contributed by atoms with Gasteiger partial charge in [0.25, 0.3) is 0 Å². The molecule has 1 heterocycles. The molecule has 0 aliphatic carbocycles. The number of benzene rings is 3. The van der Waals surface area contributed by atoms with E-state index in [0.29, 0.717) is 22.3 Å². The summed E-state index contributed by atoms with van der Waals surface area (Å²) in [4.78, 5) is 17.5. The van der Waals surface area contributed by atoms with E-state index in [-0.39, 0.29) is 19.1 Å². The minimum Gasteiger partial charge on any atom is -0.495 e. The fraction of sp³-hybridized carbons (Fsp3) is 0.130. The summed E-state index contributed by atoms with van der Waals surface area (Å²) in [5.41, 5.74) is 2.18. The van der Waals surface area contributed by atoms with Gasteiger partial charge in [-0.1, -0.05) is 41.9 Å². The molecule has 0 saturated carbocycles. The van der Waals surface area contributed by atoms with Gasteiger partial charge in [0.2, 0.25) is 5.91 Å². The Kier molecular flexibility index (Phi) is 5.86. The maximum absolute atomic E-state index is 12.8. The Morgan fingerprint density at radius 3 is 2.63 bits per heavy atom. The molecule has 0 saturated heterocycles. The molecule has 4 rings (SSSR count). The normalized spacial score (nSPS) is 10.7. The monoisotopic (exact) mass is 421 g/mol. The highest BCUT2D eigenvalue weighted by Gasteiger charge is 2.15. The molecule has 0 unspecified atom stereocenters. The highest BCUT2D eigenvalue weighted by atomic mass is 35.5. The fourth-order valence-electron chi connectivity index (χ4n) is 3.19. The number of aromatic nitrogens is 2. The maximum atomic E-state index is 12.8. The van der Waals surface area contributed by atoms with Crippen LogP contribution >= 0.6 is 11.6 Å². The van der Waals surface area contributed by atoms with Crippen molar-refractivity contribution >= 4 is 34.2 Å². The largest absolute Gasteiger partial charge is 0.495 e. The van der Waals surface area contributed by atoms with Crippen molar-refractivity contribution in [3.8, 4) is 11.5 Å². The van der Waals surface area contributed by atoms with Crippen LogP contribution in [0.2, 0.25) is 5.02 Å². The number of hydrogen-bond donors (Lipinski definition) is 1. The summed E-state index contributed by atoms with van der Waals surface area (Å²) in [6.07, 6.45) is 0. The van der Waals surface area contributed by atoms with Crippen LogP contribution in [0.15, 0.2) is 72.8 Å². The van der Waals surface area contributed by atoms with Gasteiger partial charge in [-0.15, -0.1) is 0 Å². The van der Waals surface area contributed by atoms with Gasteiger partial charge < -0.3 is 19.4 Å². The molecule has 7 heteroatoms. The number of nitrogens with zero attached hydrogens (tertiary/aromatic N) is 2. The zero-order valence-corrected chi connectivity index (χ0v) is 17.1. The van der Waals surface area contributed by atoms with Crippen molar-refractivity contribution in [2.24, 2.45) is 0 Å². The molecule has 3 aromatic carbocycles. The number of imidazole rings is 1.